The third kappa shape index (κ3) is 3.44. The van der Waals surface area contributed by atoms with Gasteiger partial charge in [0.05, 0.1) is 31.7 Å². The van der Waals surface area contributed by atoms with E-state index in [1.54, 1.807) is 13.8 Å². The highest BCUT2D eigenvalue weighted by atomic mass is 32.2. The van der Waals surface area contributed by atoms with Crippen LogP contribution in [-0.2, 0) is 18.3 Å². The lowest BCUT2D eigenvalue weighted by molar-refractivity contribution is 0.122. The fourth-order valence-corrected chi connectivity index (χ4v) is 4.73. The Morgan fingerprint density at radius 1 is 1.47 bits per heavy atom. The molecule has 2 atom stereocenters. The van der Waals surface area contributed by atoms with Crippen LogP contribution in [0.25, 0.3) is 0 Å². The highest BCUT2D eigenvalue weighted by Crippen LogP contribution is 2.60. The molecular formula is C8H17O5PS. The van der Waals surface area contributed by atoms with E-state index in [2.05, 4.69) is 0 Å². The summed E-state index contributed by atoms with van der Waals surface area (Å²) in [4.78, 5) is 0. The van der Waals surface area contributed by atoms with E-state index < -0.39 is 12.8 Å². The Hall–Kier alpha value is 0.420. The number of thioether (sulfide) groups is 1. The maximum Gasteiger partial charge on any atom is 0.369 e. The molecule has 0 saturated carbocycles. The minimum Gasteiger partial charge on any atom is -0.395 e. The van der Waals surface area contributed by atoms with Crippen LogP contribution >= 0.6 is 19.4 Å². The van der Waals surface area contributed by atoms with Crippen molar-refractivity contribution in [3.05, 3.63) is 0 Å². The third-order valence-electron chi connectivity index (χ3n) is 1.81. The van der Waals surface area contributed by atoms with Crippen LogP contribution in [0.2, 0.25) is 0 Å². The molecule has 0 aromatic rings. The van der Waals surface area contributed by atoms with Crippen molar-refractivity contribution in [2.45, 2.75) is 24.3 Å². The van der Waals surface area contributed by atoms with Crippen LogP contribution in [0, 0.1) is 0 Å². The average Bonchev–Trinajstić information content (AvgIpc) is 2.67. The highest BCUT2D eigenvalue weighted by molar-refractivity contribution is 8.06. The monoisotopic (exact) mass is 256 g/mol. The van der Waals surface area contributed by atoms with Crippen LogP contribution in [0.5, 0.6) is 0 Å². The molecule has 1 rings (SSSR count). The van der Waals surface area contributed by atoms with E-state index in [9.17, 15) is 4.57 Å². The second-order valence-electron chi connectivity index (χ2n) is 2.96. The number of aliphatic hydroxyl groups excluding tert-OH is 1. The van der Waals surface area contributed by atoms with E-state index in [0.717, 1.165) is 0 Å². The molecule has 0 unspecified atom stereocenters. The minimum atomic E-state index is -3.19. The van der Waals surface area contributed by atoms with Gasteiger partial charge in [0.1, 0.15) is 0 Å². The lowest BCUT2D eigenvalue weighted by Crippen LogP contribution is -2.09. The Kier molecular flexibility index (Phi) is 5.60. The van der Waals surface area contributed by atoms with Gasteiger partial charge in [-0.3, -0.25) is 4.57 Å². The molecule has 0 radical (unpaired) electrons. The molecule has 5 nitrogen and oxygen atoms in total. The number of hydrogen-bond donors (Lipinski definition) is 1. The molecule has 0 aliphatic carbocycles. The topological polar surface area (TPSA) is 65.0 Å². The number of aliphatic hydroxyl groups is 1. The summed E-state index contributed by atoms with van der Waals surface area (Å²) < 4.78 is 27.8. The first-order valence-electron chi connectivity index (χ1n) is 4.93. The fraction of sp³-hybridized carbons (Fsp3) is 1.00. The van der Waals surface area contributed by atoms with Gasteiger partial charge < -0.3 is 18.9 Å². The molecule has 90 valence electrons. The van der Waals surface area contributed by atoms with Gasteiger partial charge in [-0.2, -0.15) is 0 Å². The summed E-state index contributed by atoms with van der Waals surface area (Å²) in [5, 5.41) is 8.30. The molecule has 1 aliphatic rings. The minimum absolute atomic E-state index is 0.0133. The van der Waals surface area contributed by atoms with Gasteiger partial charge in [-0.1, -0.05) is 0 Å². The molecule has 1 heterocycles. The van der Waals surface area contributed by atoms with Gasteiger partial charge in [-0.05, 0) is 13.8 Å². The van der Waals surface area contributed by atoms with E-state index in [-0.39, 0.29) is 11.9 Å². The van der Waals surface area contributed by atoms with Crippen LogP contribution in [0.1, 0.15) is 13.8 Å². The van der Waals surface area contributed by atoms with Gasteiger partial charge in [0.25, 0.3) is 0 Å². The summed E-state index contributed by atoms with van der Waals surface area (Å²) >= 11 is 1.31. The van der Waals surface area contributed by atoms with Gasteiger partial charge in [-0.15, -0.1) is 11.8 Å². The van der Waals surface area contributed by atoms with Crippen molar-refractivity contribution >= 4 is 19.4 Å². The van der Waals surface area contributed by atoms with Crippen molar-refractivity contribution in [3.8, 4) is 0 Å². The number of ether oxygens (including phenoxy) is 1. The first-order valence-corrected chi connectivity index (χ1v) is 7.48. The first-order chi connectivity index (χ1) is 7.16. The lowest BCUT2D eigenvalue weighted by atomic mass is 10.5. The SMILES string of the molecule is CCOP(=O)(OCC)[C@@H]1OC[C@H](CO)S1. The molecule has 0 spiro atoms. The summed E-state index contributed by atoms with van der Waals surface area (Å²) in [5.41, 5.74) is 0. The highest BCUT2D eigenvalue weighted by Gasteiger charge is 2.42. The van der Waals surface area contributed by atoms with E-state index in [1.165, 1.54) is 11.8 Å². The summed E-state index contributed by atoms with van der Waals surface area (Å²) in [6, 6.07) is 0. The van der Waals surface area contributed by atoms with E-state index in [4.69, 9.17) is 18.9 Å². The Morgan fingerprint density at radius 3 is 2.47 bits per heavy atom. The predicted molar refractivity (Wildman–Crippen MR) is 59.1 cm³/mol. The number of hydrogen-bond acceptors (Lipinski definition) is 6. The molecule has 0 aromatic heterocycles. The van der Waals surface area contributed by atoms with Gasteiger partial charge >= 0.3 is 7.60 Å². The van der Waals surface area contributed by atoms with E-state index >= 15 is 0 Å². The van der Waals surface area contributed by atoms with Crippen molar-refractivity contribution in [1.29, 1.82) is 0 Å². The molecule has 0 amide bonds. The smallest absolute Gasteiger partial charge is 0.369 e. The molecule has 0 aromatic carbocycles. The Bertz CT molecular complexity index is 227. The summed E-state index contributed by atoms with van der Waals surface area (Å²) in [6.07, 6.45) is 0. The summed E-state index contributed by atoms with van der Waals surface area (Å²) in [5.74, 6) is 0. The zero-order chi connectivity index (χ0) is 11.3. The maximum absolute atomic E-state index is 12.2. The standard InChI is InChI=1S/C8H17O5PS/c1-3-12-14(10,13-4-2)8-11-6-7(5-9)15-8/h7-9H,3-6H2,1-2H3/t7-,8-/m0/s1. The van der Waals surface area contributed by atoms with Crippen molar-refractivity contribution in [1.82, 2.24) is 0 Å². The molecule has 0 bridgehead atoms. The van der Waals surface area contributed by atoms with Crippen LogP contribution in [0.3, 0.4) is 0 Å². The molecule has 15 heavy (non-hydrogen) atoms. The van der Waals surface area contributed by atoms with Gasteiger partial charge in [0.2, 0.25) is 5.18 Å². The zero-order valence-electron chi connectivity index (χ0n) is 8.92. The Morgan fingerprint density at radius 2 is 2.07 bits per heavy atom. The Balaban J connectivity index is 2.61. The predicted octanol–water partition coefficient (Wildman–Crippen LogP) is 1.66. The average molecular weight is 256 g/mol. The zero-order valence-corrected chi connectivity index (χ0v) is 10.6. The second-order valence-corrected chi connectivity index (χ2v) is 6.74. The second kappa shape index (κ2) is 6.23. The molecular weight excluding hydrogens is 239 g/mol. The van der Waals surface area contributed by atoms with Gasteiger partial charge in [0.15, 0.2) is 0 Å². The van der Waals surface area contributed by atoms with Crippen LogP contribution < -0.4 is 0 Å². The number of rotatable bonds is 6. The third-order valence-corrected chi connectivity index (χ3v) is 5.89. The summed E-state index contributed by atoms with van der Waals surface area (Å²) in [7, 11) is -3.19. The van der Waals surface area contributed by atoms with Gasteiger partial charge in [-0.25, -0.2) is 0 Å². The molecule has 1 N–H and O–H groups in total. The Labute approximate surface area is 94.0 Å². The fourth-order valence-electron chi connectivity index (χ4n) is 1.21. The molecule has 7 heteroatoms. The lowest BCUT2D eigenvalue weighted by Gasteiger charge is -2.21. The maximum atomic E-state index is 12.2. The normalized spacial score (nSPS) is 27.1. The van der Waals surface area contributed by atoms with Crippen molar-refractivity contribution in [2.24, 2.45) is 0 Å². The molecule has 1 fully saturated rings. The summed E-state index contributed by atoms with van der Waals surface area (Å²) in [6.45, 7) is 4.56. The molecule has 1 aliphatic heterocycles. The van der Waals surface area contributed by atoms with Crippen LogP contribution in [-0.4, -0.2) is 42.0 Å². The van der Waals surface area contributed by atoms with E-state index in [1.807, 2.05) is 0 Å². The van der Waals surface area contributed by atoms with Crippen LogP contribution in [0.4, 0.5) is 0 Å². The van der Waals surface area contributed by atoms with Crippen LogP contribution in [0.15, 0.2) is 0 Å². The van der Waals surface area contributed by atoms with Crippen molar-refractivity contribution < 1.29 is 23.5 Å². The molecule has 1 saturated heterocycles. The van der Waals surface area contributed by atoms with E-state index in [0.29, 0.717) is 19.8 Å². The van der Waals surface area contributed by atoms with Crippen molar-refractivity contribution in [2.75, 3.05) is 26.4 Å². The van der Waals surface area contributed by atoms with Crippen molar-refractivity contribution in [3.63, 3.8) is 0 Å². The largest absolute Gasteiger partial charge is 0.395 e. The first kappa shape index (κ1) is 13.5. The van der Waals surface area contributed by atoms with Gasteiger partial charge in [0, 0.05) is 0 Å². The quantitative estimate of drug-likeness (QED) is 0.729.